The van der Waals surface area contributed by atoms with Crippen molar-refractivity contribution in [1.82, 2.24) is 4.98 Å². The summed E-state index contributed by atoms with van der Waals surface area (Å²) in [6.07, 6.45) is 1.10. The van der Waals surface area contributed by atoms with Gasteiger partial charge in [-0.3, -0.25) is 4.98 Å². The molecule has 0 aliphatic carbocycles. The van der Waals surface area contributed by atoms with E-state index in [4.69, 9.17) is 11.6 Å². The fraction of sp³-hybridized carbons (Fsp3) is 0.400. The fourth-order valence-electron chi connectivity index (χ4n) is 2.19. The first-order valence-electron chi connectivity index (χ1n) is 6.35. The molecule has 1 aromatic carbocycles. The molecule has 1 aromatic heterocycles. The van der Waals surface area contributed by atoms with E-state index in [2.05, 4.69) is 38.0 Å². The third kappa shape index (κ3) is 2.30. The maximum absolute atomic E-state index is 6.17. The molecule has 0 atom stereocenters. The van der Waals surface area contributed by atoms with Crippen LogP contribution in [0.3, 0.4) is 0 Å². The number of hydrogen-bond acceptors (Lipinski definition) is 2. The lowest BCUT2D eigenvalue weighted by Gasteiger charge is -2.15. The van der Waals surface area contributed by atoms with Crippen molar-refractivity contribution < 1.29 is 0 Å². The van der Waals surface area contributed by atoms with E-state index >= 15 is 0 Å². The van der Waals surface area contributed by atoms with Crippen LogP contribution in [-0.4, -0.2) is 11.5 Å². The van der Waals surface area contributed by atoms with Gasteiger partial charge in [-0.2, -0.15) is 0 Å². The monoisotopic (exact) mass is 262 g/mol. The average Bonchev–Trinajstić information content (AvgIpc) is 2.31. The second kappa shape index (κ2) is 5.15. The van der Waals surface area contributed by atoms with Gasteiger partial charge in [-0.15, -0.1) is 0 Å². The van der Waals surface area contributed by atoms with Crippen molar-refractivity contribution in [3.05, 3.63) is 34.0 Å². The van der Waals surface area contributed by atoms with E-state index in [0.29, 0.717) is 0 Å². The highest BCUT2D eigenvalue weighted by molar-refractivity contribution is 6.31. The van der Waals surface area contributed by atoms with Gasteiger partial charge in [-0.05, 0) is 50.5 Å². The first-order valence-corrected chi connectivity index (χ1v) is 6.73. The molecule has 96 valence electrons. The third-order valence-corrected chi connectivity index (χ3v) is 3.50. The number of nitrogens with one attached hydrogen (secondary N) is 1. The molecule has 1 N–H and O–H groups in total. The third-order valence-electron chi connectivity index (χ3n) is 3.28. The Bertz CT molecular complexity index is 591. The van der Waals surface area contributed by atoms with Gasteiger partial charge in [-0.25, -0.2) is 0 Å². The fourth-order valence-corrected chi connectivity index (χ4v) is 2.46. The van der Waals surface area contributed by atoms with E-state index in [1.165, 1.54) is 11.3 Å². The predicted molar refractivity (Wildman–Crippen MR) is 79.7 cm³/mol. The molecule has 0 fully saturated rings. The largest absolute Gasteiger partial charge is 0.384 e. The van der Waals surface area contributed by atoms with Crippen LogP contribution in [0, 0.1) is 20.8 Å². The molecule has 2 rings (SSSR count). The smallest absolute Gasteiger partial charge is 0.0756 e. The maximum atomic E-state index is 6.17. The molecule has 0 amide bonds. The second-order valence-corrected chi connectivity index (χ2v) is 5.18. The zero-order valence-electron chi connectivity index (χ0n) is 11.4. The molecule has 0 radical (unpaired) electrons. The number of nitrogens with zero attached hydrogens (tertiary/aromatic N) is 1. The van der Waals surface area contributed by atoms with Crippen molar-refractivity contribution in [2.75, 3.05) is 11.9 Å². The SMILES string of the molecule is CCCNc1c(C)c(C)nc2c(C)cc(Cl)cc12. The summed E-state index contributed by atoms with van der Waals surface area (Å²) in [4.78, 5) is 4.69. The lowest BCUT2D eigenvalue weighted by Crippen LogP contribution is -2.05. The number of anilines is 1. The molecular formula is C15H19ClN2. The second-order valence-electron chi connectivity index (χ2n) is 4.74. The number of pyridine rings is 1. The number of aryl methyl sites for hydroxylation is 2. The molecule has 1 heterocycles. The van der Waals surface area contributed by atoms with Crippen molar-refractivity contribution in [2.24, 2.45) is 0 Å². The minimum Gasteiger partial charge on any atom is -0.384 e. The van der Waals surface area contributed by atoms with Crippen LogP contribution < -0.4 is 5.32 Å². The molecule has 3 heteroatoms. The Balaban J connectivity index is 2.74. The van der Waals surface area contributed by atoms with Gasteiger partial charge in [0.15, 0.2) is 0 Å². The van der Waals surface area contributed by atoms with Crippen LogP contribution in [0.4, 0.5) is 5.69 Å². The van der Waals surface area contributed by atoms with Gasteiger partial charge >= 0.3 is 0 Å². The van der Waals surface area contributed by atoms with E-state index < -0.39 is 0 Å². The zero-order chi connectivity index (χ0) is 13.3. The van der Waals surface area contributed by atoms with Crippen LogP contribution in [0.5, 0.6) is 0 Å². The topological polar surface area (TPSA) is 24.9 Å². The van der Waals surface area contributed by atoms with E-state index in [0.717, 1.165) is 40.1 Å². The van der Waals surface area contributed by atoms with Crippen molar-refractivity contribution in [3.63, 3.8) is 0 Å². The number of rotatable bonds is 3. The number of benzene rings is 1. The summed E-state index contributed by atoms with van der Waals surface area (Å²) in [6, 6.07) is 3.97. The molecule has 0 aliphatic heterocycles. The van der Waals surface area contributed by atoms with Crippen molar-refractivity contribution in [2.45, 2.75) is 34.1 Å². The molecule has 0 aliphatic rings. The van der Waals surface area contributed by atoms with Crippen LogP contribution in [0.15, 0.2) is 12.1 Å². The molecule has 2 aromatic rings. The van der Waals surface area contributed by atoms with Gasteiger partial charge in [0.25, 0.3) is 0 Å². The molecule has 0 saturated carbocycles. The minimum absolute atomic E-state index is 0.768. The van der Waals surface area contributed by atoms with Crippen LogP contribution in [0.2, 0.25) is 5.02 Å². The zero-order valence-corrected chi connectivity index (χ0v) is 12.2. The molecule has 0 spiro atoms. The summed E-state index contributed by atoms with van der Waals surface area (Å²) in [5, 5.41) is 5.39. The quantitative estimate of drug-likeness (QED) is 0.872. The van der Waals surface area contributed by atoms with Crippen LogP contribution >= 0.6 is 11.6 Å². The van der Waals surface area contributed by atoms with Gasteiger partial charge < -0.3 is 5.32 Å². The molecule has 18 heavy (non-hydrogen) atoms. The Morgan fingerprint density at radius 2 is 1.94 bits per heavy atom. The predicted octanol–water partition coefficient (Wildman–Crippen LogP) is 4.64. The van der Waals surface area contributed by atoms with Crippen LogP contribution in [0.25, 0.3) is 10.9 Å². The Hall–Kier alpha value is -1.28. The van der Waals surface area contributed by atoms with Gasteiger partial charge in [-0.1, -0.05) is 18.5 Å². The number of fused-ring (bicyclic) bond motifs is 1. The summed E-state index contributed by atoms with van der Waals surface area (Å²) in [5.74, 6) is 0. The van der Waals surface area contributed by atoms with E-state index in [1.54, 1.807) is 0 Å². The summed E-state index contributed by atoms with van der Waals surface area (Å²) >= 11 is 6.17. The molecule has 0 saturated heterocycles. The average molecular weight is 263 g/mol. The Morgan fingerprint density at radius 1 is 1.22 bits per heavy atom. The first kappa shape index (κ1) is 13.2. The normalized spacial score (nSPS) is 10.9. The lowest BCUT2D eigenvalue weighted by atomic mass is 10.0. The highest BCUT2D eigenvalue weighted by Crippen LogP contribution is 2.32. The molecule has 2 nitrogen and oxygen atoms in total. The Labute approximate surface area is 113 Å². The maximum Gasteiger partial charge on any atom is 0.0756 e. The standard InChI is InChI=1S/C15H19ClN2/c1-5-6-17-15-10(3)11(4)18-14-9(2)7-12(16)8-13(14)15/h7-8H,5-6H2,1-4H3,(H,17,18). The summed E-state index contributed by atoms with van der Waals surface area (Å²) < 4.78 is 0. The number of hydrogen-bond donors (Lipinski definition) is 1. The van der Waals surface area contributed by atoms with E-state index in [-0.39, 0.29) is 0 Å². The van der Waals surface area contributed by atoms with Crippen LogP contribution in [-0.2, 0) is 0 Å². The Morgan fingerprint density at radius 3 is 2.61 bits per heavy atom. The molecule has 0 unspecified atom stereocenters. The van der Waals surface area contributed by atoms with Crippen molar-refractivity contribution in [3.8, 4) is 0 Å². The first-order chi connectivity index (χ1) is 8.54. The number of aromatic nitrogens is 1. The van der Waals surface area contributed by atoms with E-state index in [1.807, 2.05) is 12.1 Å². The van der Waals surface area contributed by atoms with Gasteiger partial charge in [0.05, 0.1) is 5.52 Å². The summed E-state index contributed by atoms with van der Waals surface area (Å²) in [5.41, 5.74) is 5.62. The van der Waals surface area contributed by atoms with Gasteiger partial charge in [0.2, 0.25) is 0 Å². The highest BCUT2D eigenvalue weighted by atomic mass is 35.5. The summed E-state index contributed by atoms with van der Waals surface area (Å²) in [6.45, 7) is 9.34. The molecule has 0 bridgehead atoms. The van der Waals surface area contributed by atoms with Gasteiger partial charge in [0, 0.05) is 28.3 Å². The Kier molecular flexibility index (Phi) is 3.76. The molecular weight excluding hydrogens is 244 g/mol. The highest BCUT2D eigenvalue weighted by Gasteiger charge is 2.11. The van der Waals surface area contributed by atoms with Crippen molar-refractivity contribution >= 4 is 28.2 Å². The minimum atomic E-state index is 0.768. The van der Waals surface area contributed by atoms with E-state index in [9.17, 15) is 0 Å². The van der Waals surface area contributed by atoms with Crippen molar-refractivity contribution in [1.29, 1.82) is 0 Å². The lowest BCUT2D eigenvalue weighted by molar-refractivity contribution is 0.977. The van der Waals surface area contributed by atoms with Crippen LogP contribution in [0.1, 0.15) is 30.2 Å². The number of halogens is 1. The van der Waals surface area contributed by atoms with Gasteiger partial charge in [0.1, 0.15) is 0 Å². The summed E-state index contributed by atoms with van der Waals surface area (Å²) in [7, 11) is 0.